The van der Waals surface area contributed by atoms with Crippen molar-refractivity contribution in [3.63, 3.8) is 0 Å². The van der Waals surface area contributed by atoms with Crippen molar-refractivity contribution in [1.82, 2.24) is 5.32 Å². The Hall–Kier alpha value is -0.510. The number of hydrogen-bond donors (Lipinski definition) is 1. The van der Waals surface area contributed by atoms with E-state index in [0.29, 0.717) is 18.1 Å². The fourth-order valence-electron chi connectivity index (χ4n) is 2.70. The molecule has 1 saturated heterocycles. The van der Waals surface area contributed by atoms with Crippen molar-refractivity contribution < 1.29 is 4.74 Å². The highest BCUT2D eigenvalue weighted by Crippen LogP contribution is 2.20. The minimum atomic E-state index is 0.347. The number of thioether (sulfide) groups is 1. The molecule has 0 amide bonds. The van der Waals surface area contributed by atoms with E-state index in [-0.39, 0.29) is 0 Å². The maximum Gasteiger partial charge on any atom is 0.0821 e. The van der Waals surface area contributed by atoms with Crippen LogP contribution in [0.3, 0.4) is 0 Å². The quantitative estimate of drug-likeness (QED) is 0.826. The lowest BCUT2D eigenvalue weighted by Gasteiger charge is -2.31. The van der Waals surface area contributed by atoms with Crippen molar-refractivity contribution in [1.29, 1.82) is 0 Å². The van der Waals surface area contributed by atoms with Crippen LogP contribution in [-0.2, 0) is 11.2 Å². The smallest absolute Gasteiger partial charge is 0.0821 e. The van der Waals surface area contributed by atoms with Crippen molar-refractivity contribution in [2.24, 2.45) is 0 Å². The van der Waals surface area contributed by atoms with E-state index in [2.05, 4.69) is 50.4 Å². The maximum atomic E-state index is 5.99. The van der Waals surface area contributed by atoms with E-state index in [9.17, 15) is 0 Å². The highest BCUT2D eigenvalue weighted by Gasteiger charge is 2.24. The molecule has 2 nitrogen and oxygen atoms in total. The zero-order valence-electron chi connectivity index (χ0n) is 13.6. The van der Waals surface area contributed by atoms with Gasteiger partial charge in [0.25, 0.3) is 0 Å². The topological polar surface area (TPSA) is 21.3 Å². The summed E-state index contributed by atoms with van der Waals surface area (Å²) >= 11 is 2.02. The van der Waals surface area contributed by atoms with Gasteiger partial charge in [-0.25, -0.2) is 0 Å². The molecule has 3 heteroatoms. The van der Waals surface area contributed by atoms with Gasteiger partial charge in [0, 0.05) is 17.5 Å². The first-order chi connectivity index (χ1) is 10.2. The SMILES string of the molecule is CCCNC(Cc1ccc(C(C)C)cc1)C1CSCCO1. The second-order valence-electron chi connectivity index (χ2n) is 6.15. The van der Waals surface area contributed by atoms with E-state index in [0.717, 1.165) is 31.1 Å². The molecule has 2 rings (SSSR count). The Kier molecular flexibility index (Phi) is 7.08. The van der Waals surface area contributed by atoms with Crippen LogP contribution in [0.1, 0.15) is 44.2 Å². The van der Waals surface area contributed by atoms with Crippen molar-refractivity contribution >= 4 is 11.8 Å². The standard InChI is InChI=1S/C18H29NOS/c1-4-9-19-17(18-13-21-11-10-20-18)12-15-5-7-16(8-6-15)14(2)3/h5-8,14,17-19H,4,9-13H2,1-3H3. The fraction of sp³-hybridized carbons (Fsp3) is 0.667. The van der Waals surface area contributed by atoms with Gasteiger partial charge >= 0.3 is 0 Å². The van der Waals surface area contributed by atoms with Gasteiger partial charge in [-0.05, 0) is 36.4 Å². The van der Waals surface area contributed by atoms with Crippen molar-refractivity contribution in [2.75, 3.05) is 24.7 Å². The van der Waals surface area contributed by atoms with Crippen LogP contribution in [0.25, 0.3) is 0 Å². The average molecular weight is 308 g/mol. The van der Waals surface area contributed by atoms with Crippen LogP contribution < -0.4 is 5.32 Å². The molecule has 0 aromatic heterocycles. The first-order valence-corrected chi connectivity index (χ1v) is 9.37. The molecule has 1 N–H and O–H groups in total. The first kappa shape index (κ1) is 16.9. The average Bonchev–Trinajstić information content (AvgIpc) is 2.52. The molecule has 1 heterocycles. The molecule has 1 fully saturated rings. The third-order valence-electron chi connectivity index (χ3n) is 4.05. The minimum absolute atomic E-state index is 0.347. The molecule has 118 valence electrons. The van der Waals surface area contributed by atoms with Gasteiger partial charge < -0.3 is 10.1 Å². The monoisotopic (exact) mass is 307 g/mol. The molecule has 2 unspecified atom stereocenters. The second-order valence-corrected chi connectivity index (χ2v) is 7.30. The summed E-state index contributed by atoms with van der Waals surface area (Å²) in [5.74, 6) is 2.86. The van der Waals surface area contributed by atoms with Crippen LogP contribution in [0.2, 0.25) is 0 Å². The zero-order chi connectivity index (χ0) is 15.1. The highest BCUT2D eigenvalue weighted by atomic mass is 32.2. The van der Waals surface area contributed by atoms with E-state index in [4.69, 9.17) is 4.74 Å². The van der Waals surface area contributed by atoms with Crippen molar-refractivity contribution in [3.8, 4) is 0 Å². The van der Waals surface area contributed by atoms with Gasteiger partial charge in [0.1, 0.15) is 0 Å². The molecule has 0 radical (unpaired) electrons. The van der Waals surface area contributed by atoms with Crippen LogP contribution in [0.4, 0.5) is 0 Å². The summed E-state index contributed by atoms with van der Waals surface area (Å²) in [6, 6.07) is 9.54. The molecular formula is C18H29NOS. The molecule has 0 bridgehead atoms. The molecule has 2 atom stereocenters. The normalized spacial score (nSPS) is 20.7. The Morgan fingerprint density at radius 2 is 2.05 bits per heavy atom. The lowest BCUT2D eigenvalue weighted by Crippen LogP contribution is -2.46. The molecule has 1 aromatic rings. The minimum Gasteiger partial charge on any atom is -0.375 e. The molecule has 0 spiro atoms. The molecule has 21 heavy (non-hydrogen) atoms. The third kappa shape index (κ3) is 5.32. The summed E-state index contributed by atoms with van der Waals surface area (Å²) < 4.78 is 5.99. The molecule has 1 aliphatic heterocycles. The summed E-state index contributed by atoms with van der Waals surface area (Å²) in [5.41, 5.74) is 2.83. The Bertz CT molecular complexity index is 398. The molecular weight excluding hydrogens is 278 g/mol. The van der Waals surface area contributed by atoms with Crippen molar-refractivity contribution in [3.05, 3.63) is 35.4 Å². The van der Waals surface area contributed by atoms with Crippen LogP contribution in [0, 0.1) is 0 Å². The summed E-state index contributed by atoms with van der Waals surface area (Å²) in [4.78, 5) is 0. The Morgan fingerprint density at radius 1 is 1.29 bits per heavy atom. The van der Waals surface area contributed by atoms with Crippen LogP contribution in [0.5, 0.6) is 0 Å². The van der Waals surface area contributed by atoms with Gasteiger partial charge in [0.15, 0.2) is 0 Å². The second kappa shape index (κ2) is 8.82. The fourth-order valence-corrected chi connectivity index (χ4v) is 3.64. The number of ether oxygens (including phenoxy) is 1. The number of hydrogen-bond acceptors (Lipinski definition) is 3. The summed E-state index contributed by atoms with van der Waals surface area (Å²) in [6.45, 7) is 8.67. The van der Waals surface area contributed by atoms with E-state index < -0.39 is 0 Å². The van der Waals surface area contributed by atoms with Crippen molar-refractivity contribution in [2.45, 2.75) is 51.7 Å². The third-order valence-corrected chi connectivity index (χ3v) is 5.07. The van der Waals surface area contributed by atoms with Crippen LogP contribution in [0.15, 0.2) is 24.3 Å². The Labute approximate surface area is 134 Å². The van der Waals surface area contributed by atoms with Gasteiger partial charge in [0.05, 0.1) is 12.7 Å². The lowest BCUT2D eigenvalue weighted by molar-refractivity contribution is 0.0472. The molecule has 1 aromatic carbocycles. The van der Waals surface area contributed by atoms with Gasteiger partial charge in [0.2, 0.25) is 0 Å². The number of nitrogens with one attached hydrogen (secondary N) is 1. The van der Waals surface area contributed by atoms with Crippen LogP contribution >= 0.6 is 11.8 Å². The van der Waals surface area contributed by atoms with E-state index >= 15 is 0 Å². The van der Waals surface area contributed by atoms with Gasteiger partial charge in [-0.2, -0.15) is 11.8 Å². The molecule has 0 saturated carbocycles. The predicted octanol–water partition coefficient (Wildman–Crippen LogP) is 3.85. The van der Waals surface area contributed by atoms with E-state index in [1.165, 1.54) is 17.5 Å². The van der Waals surface area contributed by atoms with E-state index in [1.807, 2.05) is 11.8 Å². The summed E-state index contributed by atoms with van der Waals surface area (Å²) in [7, 11) is 0. The first-order valence-electron chi connectivity index (χ1n) is 8.22. The summed E-state index contributed by atoms with van der Waals surface area (Å²) in [6.07, 6.45) is 2.58. The highest BCUT2D eigenvalue weighted by molar-refractivity contribution is 7.99. The lowest BCUT2D eigenvalue weighted by atomic mass is 9.97. The molecule has 0 aliphatic carbocycles. The summed E-state index contributed by atoms with van der Waals surface area (Å²) in [5, 5.41) is 3.69. The van der Waals surface area contributed by atoms with E-state index in [1.54, 1.807) is 0 Å². The largest absolute Gasteiger partial charge is 0.375 e. The van der Waals surface area contributed by atoms with Gasteiger partial charge in [-0.15, -0.1) is 0 Å². The van der Waals surface area contributed by atoms with Crippen LogP contribution in [-0.4, -0.2) is 36.8 Å². The Morgan fingerprint density at radius 3 is 2.62 bits per heavy atom. The Balaban J connectivity index is 1.99. The molecule has 1 aliphatic rings. The number of benzene rings is 1. The zero-order valence-corrected chi connectivity index (χ0v) is 14.4. The number of rotatable bonds is 7. The predicted molar refractivity (Wildman–Crippen MR) is 93.4 cm³/mol. The van der Waals surface area contributed by atoms with Gasteiger partial charge in [-0.1, -0.05) is 45.0 Å². The maximum absolute atomic E-state index is 5.99. The van der Waals surface area contributed by atoms with Gasteiger partial charge in [-0.3, -0.25) is 0 Å².